The standard InChI is InChI=1S/C18H15N5O/c1-2-4-15(5-3-1)12-24-16-10-17(22-8-6-19-13-22)21-18(11-16)23-9-7-20-14-23/h1-11,13-14H,12H2. The Morgan fingerprint density at radius 1 is 0.833 bits per heavy atom. The second kappa shape index (κ2) is 6.37. The average molecular weight is 317 g/mol. The van der Waals surface area contributed by atoms with E-state index in [1.165, 1.54) is 0 Å². The van der Waals surface area contributed by atoms with Crippen molar-refractivity contribution in [3.63, 3.8) is 0 Å². The minimum Gasteiger partial charge on any atom is -0.489 e. The van der Waals surface area contributed by atoms with E-state index < -0.39 is 0 Å². The Bertz CT molecular complexity index is 850. The van der Waals surface area contributed by atoms with Gasteiger partial charge >= 0.3 is 0 Å². The minimum absolute atomic E-state index is 0.498. The smallest absolute Gasteiger partial charge is 0.144 e. The predicted octanol–water partition coefficient (Wildman–Crippen LogP) is 3.03. The number of hydrogen-bond donors (Lipinski definition) is 0. The molecule has 0 bridgehead atoms. The summed E-state index contributed by atoms with van der Waals surface area (Å²) in [6.45, 7) is 0.498. The number of pyridine rings is 1. The van der Waals surface area contributed by atoms with Crippen LogP contribution in [0.3, 0.4) is 0 Å². The molecule has 0 atom stereocenters. The van der Waals surface area contributed by atoms with Crippen LogP contribution in [0.1, 0.15) is 5.56 Å². The van der Waals surface area contributed by atoms with Crippen molar-refractivity contribution in [2.75, 3.05) is 0 Å². The number of aromatic nitrogens is 5. The van der Waals surface area contributed by atoms with Crippen LogP contribution in [-0.4, -0.2) is 24.1 Å². The van der Waals surface area contributed by atoms with Crippen molar-refractivity contribution >= 4 is 0 Å². The van der Waals surface area contributed by atoms with Gasteiger partial charge in [-0.15, -0.1) is 0 Å². The van der Waals surface area contributed by atoms with Crippen molar-refractivity contribution in [1.29, 1.82) is 0 Å². The molecule has 0 saturated carbocycles. The Morgan fingerprint density at radius 2 is 1.46 bits per heavy atom. The molecule has 3 heterocycles. The summed E-state index contributed by atoms with van der Waals surface area (Å²) in [6, 6.07) is 13.8. The molecule has 6 heteroatoms. The number of ether oxygens (including phenoxy) is 1. The van der Waals surface area contributed by atoms with Crippen molar-refractivity contribution < 1.29 is 4.74 Å². The molecule has 6 nitrogen and oxygen atoms in total. The van der Waals surface area contributed by atoms with Crippen molar-refractivity contribution in [1.82, 2.24) is 24.1 Å². The largest absolute Gasteiger partial charge is 0.489 e. The summed E-state index contributed by atoms with van der Waals surface area (Å²) >= 11 is 0. The number of hydrogen-bond acceptors (Lipinski definition) is 4. The minimum atomic E-state index is 0.498. The molecule has 0 aliphatic rings. The molecule has 0 aliphatic carbocycles. The van der Waals surface area contributed by atoms with Gasteiger partial charge in [0.05, 0.1) is 0 Å². The Balaban J connectivity index is 1.67. The molecule has 0 saturated heterocycles. The molecule has 118 valence electrons. The number of rotatable bonds is 5. The Morgan fingerprint density at radius 3 is 2.00 bits per heavy atom. The third-order valence-corrected chi connectivity index (χ3v) is 3.56. The second-order valence-electron chi connectivity index (χ2n) is 5.23. The fourth-order valence-corrected chi connectivity index (χ4v) is 2.36. The first-order valence-corrected chi connectivity index (χ1v) is 7.54. The first-order valence-electron chi connectivity index (χ1n) is 7.54. The summed E-state index contributed by atoms with van der Waals surface area (Å²) in [6.07, 6.45) is 10.6. The summed E-state index contributed by atoms with van der Waals surface area (Å²) in [5.74, 6) is 2.21. The van der Waals surface area contributed by atoms with Crippen LogP contribution < -0.4 is 4.74 Å². The molecule has 0 spiro atoms. The molecule has 1 aromatic carbocycles. The van der Waals surface area contributed by atoms with E-state index >= 15 is 0 Å². The summed E-state index contributed by atoms with van der Waals surface area (Å²) in [4.78, 5) is 12.8. The van der Waals surface area contributed by atoms with Gasteiger partial charge in [-0.2, -0.15) is 0 Å². The fraction of sp³-hybridized carbons (Fsp3) is 0.0556. The van der Waals surface area contributed by atoms with Gasteiger partial charge in [-0.3, -0.25) is 9.13 Å². The van der Waals surface area contributed by atoms with Gasteiger partial charge in [-0.1, -0.05) is 30.3 Å². The molecule has 0 fully saturated rings. The van der Waals surface area contributed by atoms with E-state index in [1.807, 2.05) is 64.0 Å². The summed E-state index contributed by atoms with van der Waals surface area (Å²) < 4.78 is 9.65. The van der Waals surface area contributed by atoms with Crippen LogP contribution in [-0.2, 0) is 6.61 Å². The van der Waals surface area contributed by atoms with Crippen molar-refractivity contribution in [2.24, 2.45) is 0 Å². The van der Waals surface area contributed by atoms with E-state index in [0.29, 0.717) is 6.61 Å². The van der Waals surface area contributed by atoms with Crippen molar-refractivity contribution in [2.45, 2.75) is 6.61 Å². The maximum atomic E-state index is 5.96. The van der Waals surface area contributed by atoms with Gasteiger partial charge < -0.3 is 4.74 Å². The van der Waals surface area contributed by atoms with Gasteiger partial charge in [-0.25, -0.2) is 15.0 Å². The molecular formula is C18H15N5O. The quantitative estimate of drug-likeness (QED) is 0.568. The molecule has 4 rings (SSSR count). The highest BCUT2D eigenvalue weighted by Gasteiger charge is 2.07. The van der Waals surface area contributed by atoms with Gasteiger partial charge in [0, 0.05) is 36.9 Å². The first kappa shape index (κ1) is 14.2. The highest BCUT2D eigenvalue weighted by molar-refractivity contribution is 5.41. The highest BCUT2D eigenvalue weighted by Crippen LogP contribution is 2.20. The summed E-state index contributed by atoms with van der Waals surface area (Å²) in [5, 5.41) is 0. The zero-order valence-corrected chi connectivity index (χ0v) is 12.9. The van der Waals surface area contributed by atoms with Gasteiger partial charge in [0.25, 0.3) is 0 Å². The van der Waals surface area contributed by atoms with Crippen LogP contribution in [0.4, 0.5) is 0 Å². The molecule has 0 N–H and O–H groups in total. The number of imidazole rings is 2. The molecule has 0 amide bonds. The average Bonchev–Trinajstić information content (AvgIpc) is 3.34. The van der Waals surface area contributed by atoms with Crippen LogP contribution in [0.2, 0.25) is 0 Å². The lowest BCUT2D eigenvalue weighted by Crippen LogP contribution is -2.03. The van der Waals surface area contributed by atoms with Crippen LogP contribution in [0, 0.1) is 0 Å². The SMILES string of the molecule is c1ccc(COc2cc(-n3ccnc3)nc(-n3ccnc3)c2)cc1. The van der Waals surface area contributed by atoms with E-state index in [9.17, 15) is 0 Å². The molecule has 3 aromatic heterocycles. The Kier molecular flexibility index (Phi) is 3.77. The first-order chi connectivity index (χ1) is 11.9. The van der Waals surface area contributed by atoms with Crippen molar-refractivity contribution in [3.8, 4) is 17.4 Å². The zero-order chi connectivity index (χ0) is 16.2. The third kappa shape index (κ3) is 3.03. The molecule has 0 unspecified atom stereocenters. The molecule has 24 heavy (non-hydrogen) atoms. The molecule has 0 aliphatic heterocycles. The predicted molar refractivity (Wildman–Crippen MR) is 89.3 cm³/mol. The fourth-order valence-electron chi connectivity index (χ4n) is 2.36. The van der Waals surface area contributed by atoms with Crippen LogP contribution >= 0.6 is 0 Å². The summed E-state index contributed by atoms with van der Waals surface area (Å²) in [7, 11) is 0. The summed E-state index contributed by atoms with van der Waals surface area (Å²) in [5.41, 5.74) is 1.11. The maximum absolute atomic E-state index is 5.96. The highest BCUT2D eigenvalue weighted by atomic mass is 16.5. The van der Waals surface area contributed by atoms with E-state index in [-0.39, 0.29) is 0 Å². The molecule has 0 radical (unpaired) electrons. The topological polar surface area (TPSA) is 57.8 Å². The molecular weight excluding hydrogens is 302 g/mol. The Labute approximate surface area is 139 Å². The van der Waals surface area contributed by atoms with Gasteiger partial charge in [0.1, 0.15) is 36.6 Å². The second-order valence-corrected chi connectivity index (χ2v) is 5.23. The normalized spacial score (nSPS) is 10.7. The lowest BCUT2D eigenvalue weighted by Gasteiger charge is -2.11. The van der Waals surface area contributed by atoms with E-state index in [2.05, 4.69) is 15.0 Å². The van der Waals surface area contributed by atoms with E-state index in [1.54, 1.807) is 25.0 Å². The van der Waals surface area contributed by atoms with E-state index in [4.69, 9.17) is 4.74 Å². The lowest BCUT2D eigenvalue weighted by atomic mass is 10.2. The zero-order valence-electron chi connectivity index (χ0n) is 12.9. The molecule has 4 aromatic rings. The Hall–Kier alpha value is -3.41. The third-order valence-electron chi connectivity index (χ3n) is 3.56. The maximum Gasteiger partial charge on any atom is 0.144 e. The van der Waals surface area contributed by atoms with Crippen LogP contribution in [0.25, 0.3) is 11.6 Å². The van der Waals surface area contributed by atoms with Gasteiger partial charge in [0.15, 0.2) is 0 Å². The number of benzene rings is 1. The van der Waals surface area contributed by atoms with E-state index in [0.717, 1.165) is 22.9 Å². The van der Waals surface area contributed by atoms with Gasteiger partial charge in [-0.05, 0) is 5.56 Å². The van der Waals surface area contributed by atoms with Gasteiger partial charge in [0.2, 0.25) is 0 Å². The monoisotopic (exact) mass is 317 g/mol. The lowest BCUT2D eigenvalue weighted by molar-refractivity contribution is 0.305. The van der Waals surface area contributed by atoms with Crippen LogP contribution in [0.5, 0.6) is 5.75 Å². The van der Waals surface area contributed by atoms with Crippen molar-refractivity contribution in [3.05, 3.63) is 85.5 Å². The van der Waals surface area contributed by atoms with Crippen LogP contribution in [0.15, 0.2) is 79.9 Å². The number of nitrogens with zero attached hydrogens (tertiary/aromatic N) is 5.